The van der Waals surface area contributed by atoms with Gasteiger partial charge in [-0.15, -0.1) is 0 Å². The number of halogens is 1. The number of amides is 1. The second-order valence-electron chi connectivity index (χ2n) is 5.65. The quantitative estimate of drug-likeness (QED) is 0.746. The molecular weight excluding hydrogens is 340 g/mol. The third-order valence-corrected chi connectivity index (χ3v) is 3.83. The molecular formula is C18H21BrN2O. The molecule has 1 amide bonds. The highest BCUT2D eigenvalue weighted by Crippen LogP contribution is 2.16. The zero-order valence-corrected chi connectivity index (χ0v) is 14.5. The summed E-state index contributed by atoms with van der Waals surface area (Å²) in [7, 11) is 0. The molecule has 0 radical (unpaired) electrons. The summed E-state index contributed by atoms with van der Waals surface area (Å²) in [5.74, 6) is 0.588. The molecule has 0 unspecified atom stereocenters. The molecule has 0 bridgehead atoms. The van der Waals surface area contributed by atoms with Crippen LogP contribution in [0.5, 0.6) is 0 Å². The van der Waals surface area contributed by atoms with Crippen LogP contribution in [0.25, 0.3) is 0 Å². The lowest BCUT2D eigenvalue weighted by Crippen LogP contribution is -2.11. The molecule has 0 saturated carbocycles. The lowest BCUT2D eigenvalue weighted by atomic mass is 10.1. The Morgan fingerprint density at radius 3 is 2.18 bits per heavy atom. The number of carbonyl (C=O) groups is 1. The lowest BCUT2D eigenvalue weighted by molar-refractivity contribution is 0.102. The molecule has 0 aliphatic carbocycles. The van der Waals surface area contributed by atoms with Crippen molar-refractivity contribution in [2.45, 2.75) is 20.3 Å². The second kappa shape index (κ2) is 7.99. The van der Waals surface area contributed by atoms with Crippen molar-refractivity contribution in [1.82, 2.24) is 0 Å². The minimum atomic E-state index is -0.104. The molecule has 0 aromatic heterocycles. The van der Waals surface area contributed by atoms with Crippen molar-refractivity contribution < 1.29 is 4.79 Å². The topological polar surface area (TPSA) is 41.1 Å². The van der Waals surface area contributed by atoms with Crippen molar-refractivity contribution in [2.75, 3.05) is 17.2 Å². The summed E-state index contributed by atoms with van der Waals surface area (Å²) in [6.45, 7) is 5.38. The van der Waals surface area contributed by atoms with Crippen molar-refractivity contribution in [2.24, 2.45) is 5.92 Å². The molecule has 22 heavy (non-hydrogen) atoms. The Kier molecular flexibility index (Phi) is 6.01. The third-order valence-electron chi connectivity index (χ3n) is 3.30. The standard InChI is InChI=1S/C18H21BrN2O/c1-13(2)11-12-20-16-7-9-17(10-8-16)21-18(22)14-3-5-15(19)6-4-14/h3-10,13,20H,11-12H2,1-2H3,(H,21,22). The molecule has 4 heteroatoms. The minimum Gasteiger partial charge on any atom is -0.385 e. The maximum absolute atomic E-state index is 12.1. The van der Waals surface area contributed by atoms with Gasteiger partial charge < -0.3 is 10.6 Å². The highest BCUT2D eigenvalue weighted by Gasteiger charge is 2.05. The van der Waals surface area contributed by atoms with Gasteiger partial charge in [-0.25, -0.2) is 0 Å². The molecule has 0 atom stereocenters. The minimum absolute atomic E-state index is 0.104. The van der Waals surface area contributed by atoms with Crippen LogP contribution in [0.4, 0.5) is 11.4 Å². The van der Waals surface area contributed by atoms with E-state index in [1.54, 1.807) is 12.1 Å². The molecule has 0 heterocycles. The number of hydrogen-bond donors (Lipinski definition) is 2. The Hall–Kier alpha value is -1.81. The first-order valence-corrected chi connectivity index (χ1v) is 8.25. The normalized spacial score (nSPS) is 10.5. The van der Waals surface area contributed by atoms with Crippen molar-refractivity contribution in [3.63, 3.8) is 0 Å². The van der Waals surface area contributed by atoms with Gasteiger partial charge in [-0.1, -0.05) is 29.8 Å². The van der Waals surface area contributed by atoms with Crippen LogP contribution in [0.3, 0.4) is 0 Å². The van der Waals surface area contributed by atoms with Crippen LogP contribution in [-0.4, -0.2) is 12.5 Å². The van der Waals surface area contributed by atoms with Crippen LogP contribution >= 0.6 is 15.9 Å². The van der Waals surface area contributed by atoms with Crippen LogP contribution in [0, 0.1) is 5.92 Å². The van der Waals surface area contributed by atoms with E-state index in [4.69, 9.17) is 0 Å². The van der Waals surface area contributed by atoms with Crippen LogP contribution in [0.2, 0.25) is 0 Å². The van der Waals surface area contributed by atoms with E-state index in [1.807, 2.05) is 36.4 Å². The van der Waals surface area contributed by atoms with Crippen molar-refractivity contribution in [3.8, 4) is 0 Å². The Bertz CT molecular complexity index is 606. The average molecular weight is 361 g/mol. The Morgan fingerprint density at radius 2 is 1.59 bits per heavy atom. The molecule has 3 nitrogen and oxygen atoms in total. The Morgan fingerprint density at radius 1 is 1.00 bits per heavy atom. The van der Waals surface area contributed by atoms with E-state index < -0.39 is 0 Å². The number of anilines is 2. The molecule has 2 aromatic carbocycles. The van der Waals surface area contributed by atoms with Crippen LogP contribution in [-0.2, 0) is 0 Å². The van der Waals surface area contributed by atoms with Gasteiger partial charge in [-0.3, -0.25) is 4.79 Å². The molecule has 0 fully saturated rings. The maximum Gasteiger partial charge on any atom is 0.255 e. The zero-order valence-electron chi connectivity index (χ0n) is 12.9. The fraction of sp³-hybridized carbons (Fsp3) is 0.278. The van der Waals surface area contributed by atoms with Gasteiger partial charge in [0, 0.05) is 28.0 Å². The molecule has 0 aliphatic heterocycles. The highest BCUT2D eigenvalue weighted by atomic mass is 79.9. The summed E-state index contributed by atoms with van der Waals surface area (Å²) in [4.78, 5) is 12.1. The lowest BCUT2D eigenvalue weighted by Gasteiger charge is -2.10. The second-order valence-corrected chi connectivity index (χ2v) is 6.56. The van der Waals surface area contributed by atoms with E-state index in [-0.39, 0.29) is 5.91 Å². The Balaban J connectivity index is 1.90. The van der Waals surface area contributed by atoms with Crippen LogP contribution in [0.1, 0.15) is 30.6 Å². The SMILES string of the molecule is CC(C)CCNc1ccc(NC(=O)c2ccc(Br)cc2)cc1. The van der Waals surface area contributed by atoms with E-state index >= 15 is 0 Å². The predicted molar refractivity (Wildman–Crippen MR) is 96.5 cm³/mol. The summed E-state index contributed by atoms with van der Waals surface area (Å²) >= 11 is 3.36. The first-order valence-electron chi connectivity index (χ1n) is 7.45. The number of benzene rings is 2. The van der Waals surface area contributed by atoms with E-state index in [0.29, 0.717) is 11.5 Å². The van der Waals surface area contributed by atoms with Crippen molar-refractivity contribution in [3.05, 3.63) is 58.6 Å². The first kappa shape index (κ1) is 16.6. The van der Waals surface area contributed by atoms with Gasteiger partial charge in [-0.05, 0) is 60.9 Å². The molecule has 2 aromatic rings. The molecule has 0 spiro atoms. The average Bonchev–Trinajstić information content (AvgIpc) is 2.49. The predicted octanol–water partition coefficient (Wildman–Crippen LogP) is 5.16. The van der Waals surface area contributed by atoms with Gasteiger partial charge in [0.2, 0.25) is 0 Å². The maximum atomic E-state index is 12.1. The smallest absolute Gasteiger partial charge is 0.255 e. The van der Waals surface area contributed by atoms with Crippen LogP contribution in [0.15, 0.2) is 53.0 Å². The number of hydrogen-bond acceptors (Lipinski definition) is 2. The number of carbonyl (C=O) groups excluding carboxylic acids is 1. The zero-order chi connectivity index (χ0) is 15.9. The fourth-order valence-electron chi connectivity index (χ4n) is 1.98. The Labute approximate surface area is 140 Å². The summed E-state index contributed by atoms with van der Waals surface area (Å²) < 4.78 is 0.959. The largest absolute Gasteiger partial charge is 0.385 e. The molecule has 0 saturated heterocycles. The number of nitrogens with one attached hydrogen (secondary N) is 2. The van der Waals surface area contributed by atoms with Gasteiger partial charge in [0.05, 0.1) is 0 Å². The van der Waals surface area contributed by atoms with Gasteiger partial charge >= 0.3 is 0 Å². The van der Waals surface area contributed by atoms with Crippen molar-refractivity contribution in [1.29, 1.82) is 0 Å². The summed E-state index contributed by atoms with van der Waals surface area (Å²) in [5, 5.41) is 6.27. The number of rotatable bonds is 6. The highest BCUT2D eigenvalue weighted by molar-refractivity contribution is 9.10. The summed E-state index contributed by atoms with van der Waals surface area (Å²) in [5.41, 5.74) is 2.51. The van der Waals surface area contributed by atoms with Crippen molar-refractivity contribution >= 4 is 33.2 Å². The van der Waals surface area contributed by atoms with E-state index in [2.05, 4.69) is 40.4 Å². The third kappa shape index (κ3) is 5.19. The van der Waals surface area contributed by atoms with Gasteiger partial charge in [0.15, 0.2) is 0 Å². The summed E-state index contributed by atoms with van der Waals surface area (Å²) in [6, 6.07) is 15.1. The van der Waals surface area contributed by atoms with E-state index in [1.165, 1.54) is 0 Å². The van der Waals surface area contributed by atoms with Gasteiger partial charge in [0.25, 0.3) is 5.91 Å². The van der Waals surface area contributed by atoms with E-state index in [9.17, 15) is 4.79 Å². The van der Waals surface area contributed by atoms with Gasteiger partial charge in [0.1, 0.15) is 0 Å². The molecule has 2 N–H and O–H groups in total. The summed E-state index contributed by atoms with van der Waals surface area (Å²) in [6.07, 6.45) is 1.14. The molecule has 116 valence electrons. The molecule has 2 rings (SSSR count). The molecule has 0 aliphatic rings. The van der Waals surface area contributed by atoms with Crippen LogP contribution < -0.4 is 10.6 Å². The first-order chi connectivity index (χ1) is 10.5. The monoisotopic (exact) mass is 360 g/mol. The fourth-order valence-corrected chi connectivity index (χ4v) is 2.25. The van der Waals surface area contributed by atoms with Gasteiger partial charge in [-0.2, -0.15) is 0 Å². The van der Waals surface area contributed by atoms with E-state index in [0.717, 1.165) is 28.8 Å².